The molecule has 1 N–H and O–H groups in total. The number of aromatic nitrogens is 2. The molecule has 0 spiro atoms. The second kappa shape index (κ2) is 8.87. The molecule has 0 radical (unpaired) electrons. The molecule has 1 aromatic heterocycles. The number of carboxylic acids is 1. The molecule has 3 aromatic rings. The van der Waals surface area contributed by atoms with Gasteiger partial charge in [-0.05, 0) is 48.6 Å². The van der Waals surface area contributed by atoms with Crippen LogP contribution in [0.4, 0.5) is 0 Å². The van der Waals surface area contributed by atoms with Crippen LogP contribution >= 0.6 is 23.2 Å². The van der Waals surface area contributed by atoms with Crippen LogP contribution in [0.1, 0.15) is 22.3 Å². The average Bonchev–Trinajstić information content (AvgIpc) is 3.08. The number of allylic oxidation sites excluding steroid dienone is 1. The Morgan fingerprint density at radius 1 is 1.07 bits per heavy atom. The normalized spacial score (nSPS) is 11.1. The van der Waals surface area contributed by atoms with Crippen LogP contribution in [0.5, 0.6) is 0 Å². The zero-order chi connectivity index (χ0) is 20.1. The Labute approximate surface area is 171 Å². The monoisotopic (exact) mass is 414 g/mol. The second-order valence-electron chi connectivity index (χ2n) is 6.05. The quantitative estimate of drug-likeness (QED) is 0.424. The first-order valence-electron chi connectivity index (χ1n) is 8.45. The lowest BCUT2D eigenvalue weighted by molar-refractivity contribution is -0.137. The number of carboxylic acid groups (broad SMARTS) is 1. The first-order chi connectivity index (χ1) is 13.4. The third kappa shape index (κ3) is 5.09. The topological polar surface area (TPSA) is 72.2 Å². The van der Waals surface area contributed by atoms with E-state index in [0.29, 0.717) is 26.9 Å². The van der Waals surface area contributed by atoms with Crippen molar-refractivity contribution in [3.8, 4) is 11.3 Å². The highest BCUT2D eigenvalue weighted by Gasteiger charge is 2.11. The number of rotatable bonds is 7. The van der Waals surface area contributed by atoms with Gasteiger partial charge in [-0.15, -0.1) is 0 Å². The Balaban J connectivity index is 1.92. The molecule has 0 aliphatic rings. The van der Waals surface area contributed by atoms with Crippen molar-refractivity contribution >= 4 is 41.0 Å². The minimum Gasteiger partial charge on any atom is -0.481 e. The van der Waals surface area contributed by atoms with Gasteiger partial charge in [-0.3, -0.25) is 14.3 Å². The highest BCUT2D eigenvalue weighted by Crippen LogP contribution is 2.26. The van der Waals surface area contributed by atoms with Crippen molar-refractivity contribution in [3.05, 3.63) is 82.0 Å². The van der Waals surface area contributed by atoms with Crippen LogP contribution in [0.3, 0.4) is 0 Å². The third-order valence-corrected chi connectivity index (χ3v) is 4.47. The van der Waals surface area contributed by atoms with Crippen LogP contribution in [-0.2, 0) is 11.3 Å². The molecular formula is C21H16Cl2N2O3. The lowest BCUT2D eigenvalue weighted by atomic mass is 10.1. The van der Waals surface area contributed by atoms with Gasteiger partial charge in [-0.1, -0.05) is 35.3 Å². The standard InChI is InChI=1S/C21H16Cl2N2O3/c22-17-7-4-14(5-8-17)19(26)9-6-16-13-25(11-10-20(27)28)24-21(16)15-2-1-3-18(23)12-15/h1-9,12-13H,10-11H2,(H,27,28)/b9-6-. The summed E-state index contributed by atoms with van der Waals surface area (Å²) in [5.74, 6) is -1.08. The van der Waals surface area contributed by atoms with Crippen molar-refractivity contribution in [2.75, 3.05) is 0 Å². The fourth-order valence-corrected chi connectivity index (χ4v) is 2.94. The lowest BCUT2D eigenvalue weighted by Crippen LogP contribution is -2.04. The summed E-state index contributed by atoms with van der Waals surface area (Å²) in [6.07, 6.45) is 4.78. The summed E-state index contributed by atoms with van der Waals surface area (Å²) in [7, 11) is 0. The third-order valence-electron chi connectivity index (χ3n) is 3.99. The zero-order valence-corrected chi connectivity index (χ0v) is 16.2. The van der Waals surface area contributed by atoms with Gasteiger partial charge >= 0.3 is 5.97 Å². The molecule has 1 heterocycles. The Kier molecular flexibility index (Phi) is 6.29. The molecule has 0 fully saturated rings. The van der Waals surface area contributed by atoms with Gasteiger partial charge in [0.1, 0.15) is 0 Å². The van der Waals surface area contributed by atoms with E-state index in [2.05, 4.69) is 5.10 Å². The molecule has 7 heteroatoms. The molecule has 5 nitrogen and oxygen atoms in total. The van der Waals surface area contributed by atoms with E-state index in [-0.39, 0.29) is 18.7 Å². The first kappa shape index (κ1) is 19.9. The van der Waals surface area contributed by atoms with E-state index in [1.807, 2.05) is 6.07 Å². The van der Waals surface area contributed by atoms with E-state index < -0.39 is 5.97 Å². The average molecular weight is 415 g/mol. The molecule has 2 aromatic carbocycles. The molecule has 0 amide bonds. The Morgan fingerprint density at radius 3 is 2.50 bits per heavy atom. The number of halogens is 2. The summed E-state index contributed by atoms with van der Waals surface area (Å²) in [6.45, 7) is 0.224. The van der Waals surface area contributed by atoms with Crippen LogP contribution in [-0.4, -0.2) is 26.6 Å². The molecule has 0 saturated heterocycles. The minimum atomic E-state index is -0.908. The van der Waals surface area contributed by atoms with Crippen LogP contribution in [0.2, 0.25) is 10.0 Å². The number of nitrogens with zero attached hydrogens (tertiary/aromatic N) is 2. The maximum Gasteiger partial charge on any atom is 0.305 e. The van der Waals surface area contributed by atoms with E-state index in [0.717, 1.165) is 5.56 Å². The summed E-state index contributed by atoms with van der Waals surface area (Å²) in [5.41, 5.74) is 2.60. The number of hydrogen-bond acceptors (Lipinski definition) is 3. The van der Waals surface area contributed by atoms with E-state index in [1.54, 1.807) is 59.4 Å². The van der Waals surface area contributed by atoms with Gasteiger partial charge in [0.05, 0.1) is 18.7 Å². The molecule has 3 rings (SSSR count). The molecule has 0 bridgehead atoms. The van der Waals surface area contributed by atoms with Gasteiger partial charge in [0.2, 0.25) is 0 Å². The summed E-state index contributed by atoms with van der Waals surface area (Å²) >= 11 is 11.9. The van der Waals surface area contributed by atoms with Crippen LogP contribution < -0.4 is 0 Å². The van der Waals surface area contributed by atoms with Gasteiger partial charge in [0.25, 0.3) is 0 Å². The number of carbonyl (C=O) groups excluding carboxylic acids is 1. The Bertz CT molecular complexity index is 1040. The van der Waals surface area contributed by atoms with Crippen LogP contribution in [0, 0.1) is 0 Å². The fourth-order valence-electron chi connectivity index (χ4n) is 2.62. The summed E-state index contributed by atoms with van der Waals surface area (Å²) in [6, 6.07) is 13.8. The molecule has 0 atom stereocenters. The SMILES string of the molecule is O=C(O)CCn1cc(/C=C\C(=O)c2ccc(Cl)cc2)c(-c2cccc(Cl)c2)n1. The number of ketones is 1. The van der Waals surface area contributed by atoms with Gasteiger partial charge in [0, 0.05) is 32.9 Å². The first-order valence-corrected chi connectivity index (χ1v) is 9.21. The van der Waals surface area contributed by atoms with Gasteiger partial charge in [-0.2, -0.15) is 5.10 Å². The molecule has 28 heavy (non-hydrogen) atoms. The van der Waals surface area contributed by atoms with Gasteiger partial charge in [-0.25, -0.2) is 0 Å². The number of hydrogen-bond donors (Lipinski definition) is 1. The van der Waals surface area contributed by atoms with E-state index in [9.17, 15) is 9.59 Å². The zero-order valence-electron chi connectivity index (χ0n) is 14.7. The Morgan fingerprint density at radius 2 is 1.82 bits per heavy atom. The van der Waals surface area contributed by atoms with Gasteiger partial charge < -0.3 is 5.11 Å². The van der Waals surface area contributed by atoms with Crippen molar-refractivity contribution in [1.29, 1.82) is 0 Å². The highest BCUT2D eigenvalue weighted by molar-refractivity contribution is 6.31. The fraction of sp³-hybridized carbons (Fsp3) is 0.0952. The summed E-state index contributed by atoms with van der Waals surface area (Å²) in [5, 5.41) is 14.5. The smallest absolute Gasteiger partial charge is 0.305 e. The maximum atomic E-state index is 12.4. The number of benzene rings is 2. The van der Waals surface area contributed by atoms with E-state index >= 15 is 0 Å². The predicted molar refractivity (Wildman–Crippen MR) is 110 cm³/mol. The van der Waals surface area contributed by atoms with E-state index in [1.165, 1.54) is 6.08 Å². The second-order valence-corrected chi connectivity index (χ2v) is 6.93. The lowest BCUT2D eigenvalue weighted by Gasteiger charge is -2.00. The van der Waals surface area contributed by atoms with Crippen LogP contribution in [0.25, 0.3) is 17.3 Å². The van der Waals surface area contributed by atoms with Crippen molar-refractivity contribution in [3.63, 3.8) is 0 Å². The largest absolute Gasteiger partial charge is 0.481 e. The Hall–Kier alpha value is -2.89. The van der Waals surface area contributed by atoms with Crippen molar-refractivity contribution < 1.29 is 14.7 Å². The van der Waals surface area contributed by atoms with Crippen molar-refractivity contribution in [2.24, 2.45) is 0 Å². The molecule has 142 valence electrons. The summed E-state index contributed by atoms with van der Waals surface area (Å²) in [4.78, 5) is 23.2. The van der Waals surface area contributed by atoms with E-state index in [4.69, 9.17) is 28.3 Å². The molecule has 0 aliphatic carbocycles. The van der Waals surface area contributed by atoms with Gasteiger partial charge in [0.15, 0.2) is 5.78 Å². The number of aliphatic carboxylic acids is 1. The maximum absolute atomic E-state index is 12.4. The predicted octanol–water partition coefficient (Wildman–Crippen LogP) is 5.23. The van der Waals surface area contributed by atoms with Crippen molar-refractivity contribution in [1.82, 2.24) is 9.78 Å². The number of carbonyl (C=O) groups is 2. The molecule has 0 aliphatic heterocycles. The molecule has 0 saturated carbocycles. The molecular weight excluding hydrogens is 399 g/mol. The summed E-state index contributed by atoms with van der Waals surface area (Å²) < 4.78 is 1.55. The molecule has 0 unspecified atom stereocenters. The van der Waals surface area contributed by atoms with Crippen LogP contribution in [0.15, 0.2) is 60.8 Å². The number of aryl methyl sites for hydroxylation is 1. The van der Waals surface area contributed by atoms with Crippen molar-refractivity contribution in [2.45, 2.75) is 13.0 Å². The minimum absolute atomic E-state index is 0.0521. The highest BCUT2D eigenvalue weighted by atomic mass is 35.5.